The minimum Gasteiger partial charge on any atom is -0.496 e. The number of methoxy groups -OCH3 is 1. The predicted octanol–water partition coefficient (Wildman–Crippen LogP) is 3.45. The van der Waals surface area contributed by atoms with Crippen molar-refractivity contribution in [1.82, 2.24) is 0 Å². The number of halogens is 2. The topological polar surface area (TPSA) is 26.3 Å². The van der Waals surface area contributed by atoms with Crippen LogP contribution in [0.4, 0.5) is 8.78 Å². The van der Waals surface area contributed by atoms with Crippen LogP contribution in [0.1, 0.15) is 10.4 Å². The van der Waals surface area contributed by atoms with Crippen molar-refractivity contribution < 1.29 is 18.3 Å². The van der Waals surface area contributed by atoms with Crippen LogP contribution >= 0.6 is 0 Å². The van der Waals surface area contributed by atoms with E-state index < -0.39 is 11.6 Å². The summed E-state index contributed by atoms with van der Waals surface area (Å²) in [4.78, 5) is 10.9. The summed E-state index contributed by atoms with van der Waals surface area (Å²) in [6.45, 7) is 0. The van der Waals surface area contributed by atoms with Gasteiger partial charge in [-0.15, -0.1) is 0 Å². The Hall–Kier alpha value is -2.23. The zero-order chi connectivity index (χ0) is 13.1. The monoisotopic (exact) mass is 248 g/mol. The van der Waals surface area contributed by atoms with Crippen LogP contribution in [0.5, 0.6) is 5.75 Å². The van der Waals surface area contributed by atoms with Crippen LogP contribution in [0.2, 0.25) is 0 Å². The van der Waals surface area contributed by atoms with E-state index in [9.17, 15) is 13.6 Å². The van der Waals surface area contributed by atoms with Gasteiger partial charge in [-0.2, -0.15) is 0 Å². The molecule has 0 unspecified atom stereocenters. The maximum atomic E-state index is 13.6. The highest BCUT2D eigenvalue weighted by atomic mass is 19.1. The van der Waals surface area contributed by atoms with Crippen molar-refractivity contribution in [1.29, 1.82) is 0 Å². The van der Waals surface area contributed by atoms with E-state index in [2.05, 4.69) is 0 Å². The number of aldehydes is 1. The summed E-state index contributed by atoms with van der Waals surface area (Å²) in [6.07, 6.45) is 0.584. The first-order chi connectivity index (χ1) is 8.67. The number of ether oxygens (including phenoxy) is 1. The Balaban J connectivity index is 2.61. The van der Waals surface area contributed by atoms with E-state index >= 15 is 0 Å². The largest absolute Gasteiger partial charge is 0.496 e. The average molecular weight is 248 g/mol. The van der Waals surface area contributed by atoms with E-state index in [-0.39, 0.29) is 11.1 Å². The molecule has 18 heavy (non-hydrogen) atoms. The fourth-order valence-corrected chi connectivity index (χ4v) is 1.76. The summed E-state index contributed by atoms with van der Waals surface area (Å²) in [5, 5.41) is 0. The second kappa shape index (κ2) is 4.96. The lowest BCUT2D eigenvalue weighted by molar-refractivity contribution is 0.112. The molecule has 0 aliphatic rings. The van der Waals surface area contributed by atoms with Gasteiger partial charge in [-0.1, -0.05) is 12.1 Å². The normalized spacial score (nSPS) is 10.2. The van der Waals surface area contributed by atoms with Crippen molar-refractivity contribution in [3.8, 4) is 16.9 Å². The van der Waals surface area contributed by atoms with Crippen LogP contribution in [0, 0.1) is 11.6 Å². The average Bonchev–Trinajstić information content (AvgIpc) is 2.38. The zero-order valence-electron chi connectivity index (χ0n) is 9.61. The third-order valence-electron chi connectivity index (χ3n) is 2.61. The summed E-state index contributed by atoms with van der Waals surface area (Å²) in [5.74, 6) is -0.973. The van der Waals surface area contributed by atoms with E-state index in [0.29, 0.717) is 17.6 Å². The molecule has 2 nitrogen and oxygen atoms in total. The van der Waals surface area contributed by atoms with Crippen LogP contribution in [0.25, 0.3) is 11.1 Å². The summed E-state index contributed by atoms with van der Waals surface area (Å²) in [6, 6.07) is 8.04. The fourth-order valence-electron chi connectivity index (χ4n) is 1.76. The van der Waals surface area contributed by atoms with Crippen molar-refractivity contribution in [2.45, 2.75) is 0 Å². The quantitative estimate of drug-likeness (QED) is 0.777. The van der Waals surface area contributed by atoms with Gasteiger partial charge in [0.05, 0.1) is 18.2 Å². The minimum atomic E-state index is -0.669. The first kappa shape index (κ1) is 12.2. The lowest BCUT2D eigenvalue weighted by atomic mass is 10.0. The van der Waals surface area contributed by atoms with Crippen LogP contribution < -0.4 is 4.74 Å². The standard InChI is InChI=1S/C14H10F2O2/c1-18-13-6-5-9(7-10(13)8-17)14-11(15)3-2-4-12(14)16/h2-8H,1H3. The summed E-state index contributed by atoms with van der Waals surface area (Å²) < 4.78 is 32.2. The van der Waals surface area contributed by atoms with Gasteiger partial charge in [0.1, 0.15) is 17.4 Å². The third-order valence-corrected chi connectivity index (χ3v) is 2.61. The number of hydrogen-bond acceptors (Lipinski definition) is 2. The first-order valence-electron chi connectivity index (χ1n) is 5.25. The molecule has 0 aromatic heterocycles. The molecule has 0 N–H and O–H groups in total. The molecule has 0 aliphatic heterocycles. The van der Waals surface area contributed by atoms with Gasteiger partial charge in [0.25, 0.3) is 0 Å². The highest BCUT2D eigenvalue weighted by Gasteiger charge is 2.12. The van der Waals surface area contributed by atoms with Gasteiger partial charge in [0.15, 0.2) is 6.29 Å². The van der Waals surface area contributed by atoms with Crippen molar-refractivity contribution in [2.24, 2.45) is 0 Å². The number of rotatable bonds is 3. The SMILES string of the molecule is COc1ccc(-c2c(F)cccc2F)cc1C=O. The molecular weight excluding hydrogens is 238 g/mol. The highest BCUT2D eigenvalue weighted by molar-refractivity contribution is 5.83. The van der Waals surface area contributed by atoms with Gasteiger partial charge in [-0.3, -0.25) is 4.79 Å². The van der Waals surface area contributed by atoms with Gasteiger partial charge in [-0.25, -0.2) is 8.78 Å². The lowest BCUT2D eigenvalue weighted by Gasteiger charge is -2.08. The first-order valence-corrected chi connectivity index (χ1v) is 5.25. The van der Waals surface area contributed by atoms with Gasteiger partial charge >= 0.3 is 0 Å². The molecule has 2 aromatic rings. The van der Waals surface area contributed by atoms with Crippen molar-refractivity contribution >= 4 is 6.29 Å². The highest BCUT2D eigenvalue weighted by Crippen LogP contribution is 2.29. The second-order valence-corrected chi connectivity index (χ2v) is 3.67. The van der Waals surface area contributed by atoms with E-state index in [1.54, 1.807) is 0 Å². The molecule has 4 heteroatoms. The van der Waals surface area contributed by atoms with Gasteiger partial charge in [0.2, 0.25) is 0 Å². The zero-order valence-corrected chi connectivity index (χ0v) is 9.61. The van der Waals surface area contributed by atoms with Crippen LogP contribution in [0.3, 0.4) is 0 Å². The molecule has 0 fully saturated rings. The fraction of sp³-hybridized carbons (Fsp3) is 0.0714. The number of carbonyl (C=O) groups excluding carboxylic acids is 1. The molecular formula is C14H10F2O2. The Bertz CT molecular complexity index is 574. The molecule has 0 bridgehead atoms. The van der Waals surface area contributed by atoms with Gasteiger partial charge in [0, 0.05) is 0 Å². The molecule has 2 aromatic carbocycles. The van der Waals surface area contributed by atoms with Crippen LogP contribution in [0.15, 0.2) is 36.4 Å². The van der Waals surface area contributed by atoms with Crippen molar-refractivity contribution in [3.63, 3.8) is 0 Å². The van der Waals surface area contributed by atoms with E-state index in [1.165, 1.54) is 43.5 Å². The van der Waals surface area contributed by atoms with Crippen LogP contribution in [-0.2, 0) is 0 Å². The van der Waals surface area contributed by atoms with Gasteiger partial charge < -0.3 is 4.74 Å². The molecule has 0 saturated heterocycles. The number of benzene rings is 2. The van der Waals surface area contributed by atoms with Crippen molar-refractivity contribution in [3.05, 3.63) is 53.6 Å². The van der Waals surface area contributed by atoms with Crippen LogP contribution in [-0.4, -0.2) is 13.4 Å². The molecule has 0 aliphatic carbocycles. The van der Waals surface area contributed by atoms with E-state index in [4.69, 9.17) is 4.74 Å². The Morgan fingerprint density at radius 3 is 2.33 bits per heavy atom. The minimum absolute atomic E-state index is 0.150. The summed E-state index contributed by atoms with van der Waals surface area (Å²) >= 11 is 0. The van der Waals surface area contributed by atoms with E-state index in [1.807, 2.05) is 0 Å². The predicted molar refractivity (Wildman–Crippen MR) is 63.7 cm³/mol. The second-order valence-electron chi connectivity index (χ2n) is 3.67. The number of hydrogen-bond donors (Lipinski definition) is 0. The number of carbonyl (C=O) groups is 1. The molecule has 0 radical (unpaired) electrons. The third kappa shape index (κ3) is 2.09. The van der Waals surface area contributed by atoms with Crippen molar-refractivity contribution in [2.75, 3.05) is 7.11 Å². The molecule has 92 valence electrons. The smallest absolute Gasteiger partial charge is 0.153 e. The molecule has 0 atom stereocenters. The lowest BCUT2D eigenvalue weighted by Crippen LogP contribution is -1.94. The molecule has 2 rings (SSSR count). The molecule has 0 spiro atoms. The summed E-state index contributed by atoms with van der Waals surface area (Å²) in [7, 11) is 1.42. The summed E-state index contributed by atoms with van der Waals surface area (Å²) in [5.41, 5.74) is 0.398. The Labute approximate surface area is 103 Å². The Morgan fingerprint density at radius 2 is 1.78 bits per heavy atom. The Kier molecular flexibility index (Phi) is 3.37. The maximum Gasteiger partial charge on any atom is 0.153 e. The van der Waals surface area contributed by atoms with Gasteiger partial charge in [-0.05, 0) is 29.8 Å². The maximum absolute atomic E-state index is 13.6. The van der Waals surface area contributed by atoms with E-state index in [0.717, 1.165) is 0 Å². The molecule has 0 saturated carbocycles. The molecule has 0 amide bonds. The Morgan fingerprint density at radius 1 is 1.11 bits per heavy atom. The molecule has 0 heterocycles.